The Labute approximate surface area is 222 Å². The maximum absolute atomic E-state index is 13.1. The van der Waals surface area contributed by atoms with Crippen LogP contribution >= 0.6 is 23.4 Å². The molecule has 3 aromatic rings. The number of ether oxygens (including phenoxy) is 2. The van der Waals surface area contributed by atoms with Gasteiger partial charge in [-0.3, -0.25) is 4.79 Å². The van der Waals surface area contributed by atoms with Crippen molar-refractivity contribution in [1.82, 2.24) is 0 Å². The molecule has 0 aliphatic carbocycles. The molecule has 0 saturated carbocycles. The predicted octanol–water partition coefficient (Wildman–Crippen LogP) is 6.76. The Kier molecular flexibility index (Phi) is 8.43. The average molecular weight is 538 g/mol. The lowest BCUT2D eigenvalue weighted by molar-refractivity contribution is -0.138. The number of thioether (sulfide) groups is 1. The van der Waals surface area contributed by atoms with Crippen LogP contribution in [0.5, 0.6) is 5.75 Å². The van der Waals surface area contributed by atoms with Crippen molar-refractivity contribution in [3.8, 4) is 5.75 Å². The van der Waals surface area contributed by atoms with Gasteiger partial charge >= 0.3 is 5.97 Å². The molecule has 37 heavy (non-hydrogen) atoms. The van der Waals surface area contributed by atoms with E-state index in [9.17, 15) is 19.1 Å². The van der Waals surface area contributed by atoms with Gasteiger partial charge in [0.25, 0.3) is 5.91 Å². The molecule has 0 unspecified atom stereocenters. The molecule has 1 N–H and O–H groups in total. The lowest BCUT2D eigenvalue weighted by Gasteiger charge is -2.09. The Bertz CT molecular complexity index is 1420. The first kappa shape index (κ1) is 26.2. The Morgan fingerprint density at radius 3 is 2.49 bits per heavy atom. The molecular formula is C28H21ClFNO5S. The highest BCUT2D eigenvalue weighted by Gasteiger charge is 2.34. The quantitative estimate of drug-likeness (QED) is 0.335. The summed E-state index contributed by atoms with van der Waals surface area (Å²) in [6.07, 6.45) is 1.62. The number of benzene rings is 3. The molecule has 4 rings (SSSR count). The van der Waals surface area contributed by atoms with Gasteiger partial charge in [-0.1, -0.05) is 59.8 Å². The van der Waals surface area contributed by atoms with Crippen LogP contribution in [0.25, 0.3) is 6.08 Å². The lowest BCUT2D eigenvalue weighted by atomic mass is 10.1. The van der Waals surface area contributed by atoms with Crippen LogP contribution in [-0.4, -0.2) is 28.6 Å². The van der Waals surface area contributed by atoms with Crippen LogP contribution in [0, 0.1) is 5.82 Å². The van der Waals surface area contributed by atoms with E-state index < -0.39 is 11.9 Å². The summed E-state index contributed by atoms with van der Waals surface area (Å²) in [7, 11) is 0. The monoisotopic (exact) mass is 537 g/mol. The normalized spacial score (nSPS) is 15.3. The minimum atomic E-state index is -0.780. The van der Waals surface area contributed by atoms with E-state index in [4.69, 9.17) is 21.1 Å². The topological polar surface area (TPSA) is 85.2 Å². The Morgan fingerprint density at radius 2 is 1.81 bits per heavy atom. The highest BCUT2D eigenvalue weighted by atomic mass is 35.5. The first-order chi connectivity index (χ1) is 17.9. The highest BCUT2D eigenvalue weighted by molar-refractivity contribution is 8.18. The number of esters is 1. The zero-order valence-corrected chi connectivity index (χ0v) is 21.2. The highest BCUT2D eigenvalue weighted by Crippen LogP contribution is 2.40. The number of aliphatic imine (C=N–C) groups is 1. The number of amides is 1. The van der Waals surface area contributed by atoms with Gasteiger partial charge < -0.3 is 14.6 Å². The van der Waals surface area contributed by atoms with Crippen molar-refractivity contribution in [1.29, 1.82) is 0 Å². The van der Waals surface area contributed by atoms with E-state index in [0.717, 1.165) is 17.3 Å². The molecule has 0 saturated heterocycles. The van der Waals surface area contributed by atoms with Gasteiger partial charge in [-0.25, -0.2) is 14.2 Å². The molecule has 0 atom stereocenters. The van der Waals surface area contributed by atoms with Gasteiger partial charge in [0.2, 0.25) is 0 Å². The van der Waals surface area contributed by atoms with E-state index in [1.165, 1.54) is 12.1 Å². The largest absolute Gasteiger partial charge is 0.506 e. The molecule has 1 heterocycles. The van der Waals surface area contributed by atoms with Crippen molar-refractivity contribution < 1.29 is 28.6 Å². The van der Waals surface area contributed by atoms with Crippen molar-refractivity contribution in [3.05, 3.63) is 117 Å². The first-order valence-electron chi connectivity index (χ1n) is 11.2. The van der Waals surface area contributed by atoms with Crippen LogP contribution in [0.1, 0.15) is 28.4 Å². The summed E-state index contributed by atoms with van der Waals surface area (Å²) >= 11 is 7.37. The predicted molar refractivity (Wildman–Crippen MR) is 142 cm³/mol. The third kappa shape index (κ3) is 6.47. The summed E-state index contributed by atoms with van der Waals surface area (Å²) in [5.74, 6) is -1.57. The average Bonchev–Trinajstić information content (AvgIpc) is 3.19. The minimum Gasteiger partial charge on any atom is -0.506 e. The van der Waals surface area contributed by atoms with Crippen molar-refractivity contribution in [3.63, 3.8) is 0 Å². The second-order valence-electron chi connectivity index (χ2n) is 7.75. The molecule has 188 valence electrons. The lowest BCUT2D eigenvalue weighted by Crippen LogP contribution is -2.14. The first-order valence-corrected chi connectivity index (χ1v) is 12.4. The van der Waals surface area contributed by atoms with E-state index >= 15 is 0 Å². The molecule has 1 amide bonds. The fourth-order valence-corrected chi connectivity index (χ4v) is 4.60. The second-order valence-corrected chi connectivity index (χ2v) is 9.19. The number of aliphatic hydroxyl groups is 1. The second kappa shape index (κ2) is 11.9. The third-order valence-electron chi connectivity index (χ3n) is 5.16. The fraction of sp³-hybridized carbons (Fsp3) is 0.107. The van der Waals surface area contributed by atoms with Crippen molar-refractivity contribution in [2.45, 2.75) is 13.5 Å². The smallest absolute Gasteiger partial charge is 0.344 e. The number of rotatable bonds is 7. The number of nitrogens with zero attached hydrogens (tertiary/aromatic N) is 1. The number of hydrogen-bond donors (Lipinski definition) is 1. The van der Waals surface area contributed by atoms with Gasteiger partial charge in [0.1, 0.15) is 34.5 Å². The summed E-state index contributed by atoms with van der Waals surface area (Å²) < 4.78 is 23.9. The van der Waals surface area contributed by atoms with E-state index in [1.54, 1.807) is 73.7 Å². The van der Waals surface area contributed by atoms with Crippen LogP contribution in [0.3, 0.4) is 0 Å². The minimum absolute atomic E-state index is 0.0430. The maximum Gasteiger partial charge on any atom is 0.344 e. The summed E-state index contributed by atoms with van der Waals surface area (Å²) in [4.78, 5) is 29.6. The molecular weight excluding hydrogens is 517 g/mol. The van der Waals surface area contributed by atoms with Gasteiger partial charge in [-0.05, 0) is 60.5 Å². The van der Waals surface area contributed by atoms with Gasteiger partial charge in [-0.2, -0.15) is 0 Å². The van der Waals surface area contributed by atoms with Crippen LogP contribution in [-0.2, 0) is 16.1 Å². The van der Waals surface area contributed by atoms with Crippen molar-refractivity contribution in [2.24, 2.45) is 4.99 Å². The number of aliphatic hydroxyl groups excluding tert-OH is 1. The number of hydrogen-bond acceptors (Lipinski definition) is 6. The fourth-order valence-electron chi connectivity index (χ4n) is 3.35. The van der Waals surface area contributed by atoms with Crippen molar-refractivity contribution in [2.75, 3.05) is 6.61 Å². The van der Waals surface area contributed by atoms with Crippen LogP contribution < -0.4 is 4.74 Å². The summed E-state index contributed by atoms with van der Waals surface area (Å²) in [5.41, 5.74) is 1.57. The van der Waals surface area contributed by atoms with Gasteiger partial charge in [0, 0.05) is 5.56 Å². The Balaban J connectivity index is 1.58. The molecule has 0 fully saturated rings. The Hall–Kier alpha value is -3.88. The number of carbonyl (C=O) groups excluding carboxylic acids is 2. The van der Waals surface area contributed by atoms with E-state index in [1.807, 2.05) is 0 Å². The van der Waals surface area contributed by atoms with E-state index in [2.05, 4.69) is 4.99 Å². The molecule has 9 heteroatoms. The van der Waals surface area contributed by atoms with Gasteiger partial charge in [0.15, 0.2) is 0 Å². The molecule has 0 spiro atoms. The van der Waals surface area contributed by atoms with E-state index in [-0.39, 0.29) is 35.4 Å². The SMILES string of the molecule is CCOC(=O)C1=C(O)C(=Cc2ccc(OCc3ccc(F)cc3)c(Cl)c2)SC1=NC(=O)c1ccccc1. The molecule has 3 aromatic carbocycles. The standard InChI is InChI=1S/C28H21ClFNO5S/c1-2-35-28(34)24-25(32)23(37-27(24)31-26(33)19-6-4-3-5-7-19)15-18-10-13-22(21(29)14-18)36-16-17-8-11-20(30)12-9-17/h3-15,32H,2,16H2,1H3. The number of halogens is 2. The molecule has 0 bridgehead atoms. The summed E-state index contributed by atoms with van der Waals surface area (Å²) in [6, 6.07) is 19.4. The van der Waals surface area contributed by atoms with Crippen LogP contribution in [0.15, 0.2) is 94.0 Å². The molecule has 6 nitrogen and oxygen atoms in total. The summed E-state index contributed by atoms with van der Waals surface area (Å²) in [6.45, 7) is 1.94. The van der Waals surface area contributed by atoms with Crippen LogP contribution in [0.2, 0.25) is 5.02 Å². The third-order valence-corrected chi connectivity index (χ3v) is 6.47. The zero-order valence-electron chi connectivity index (χ0n) is 19.6. The Morgan fingerprint density at radius 1 is 1.08 bits per heavy atom. The molecule has 0 aromatic heterocycles. The maximum atomic E-state index is 13.1. The van der Waals surface area contributed by atoms with E-state index in [0.29, 0.717) is 26.8 Å². The zero-order chi connectivity index (χ0) is 26.4. The molecule has 1 aliphatic rings. The summed E-state index contributed by atoms with van der Waals surface area (Å²) in [5, 5.41) is 11.2. The number of carbonyl (C=O) groups is 2. The molecule has 0 radical (unpaired) electrons. The van der Waals surface area contributed by atoms with Gasteiger partial charge in [0.05, 0.1) is 16.5 Å². The van der Waals surface area contributed by atoms with Crippen molar-refractivity contribution >= 4 is 46.4 Å². The van der Waals surface area contributed by atoms with Crippen LogP contribution in [0.4, 0.5) is 4.39 Å². The molecule has 1 aliphatic heterocycles. The van der Waals surface area contributed by atoms with Gasteiger partial charge in [-0.15, -0.1) is 0 Å².